The Morgan fingerprint density at radius 3 is 2.60 bits per heavy atom. The lowest BCUT2D eigenvalue weighted by molar-refractivity contribution is 0.601. The molecule has 0 amide bonds. The second-order valence-corrected chi connectivity index (χ2v) is 7.05. The third-order valence-electron chi connectivity index (χ3n) is 1.71. The van der Waals surface area contributed by atoms with Crippen LogP contribution in [0.4, 0.5) is 0 Å². The molecule has 0 radical (unpaired) electrons. The number of hydrogen-bond acceptors (Lipinski definition) is 4. The van der Waals surface area contributed by atoms with Gasteiger partial charge in [-0.25, -0.2) is 13.4 Å². The number of hydrogen-bond donors (Lipinski definition) is 0. The Bertz CT molecular complexity index is 633. The van der Waals surface area contributed by atoms with Crippen LogP contribution in [-0.4, -0.2) is 19.7 Å². The molecule has 2 aromatic rings. The van der Waals surface area contributed by atoms with Gasteiger partial charge in [-0.3, -0.25) is 0 Å². The van der Waals surface area contributed by atoms with E-state index >= 15 is 0 Å². The summed E-state index contributed by atoms with van der Waals surface area (Å²) in [7, 11) is -3.29. The third kappa shape index (κ3) is 2.10. The summed E-state index contributed by atoms with van der Waals surface area (Å²) in [6.45, 7) is 0. The van der Waals surface area contributed by atoms with Gasteiger partial charge in [-0.15, -0.1) is 11.3 Å². The molecule has 0 aliphatic rings. The van der Waals surface area contributed by atoms with Crippen LogP contribution in [-0.2, 0) is 9.84 Å². The lowest BCUT2D eigenvalue weighted by atomic mass is 10.3. The van der Waals surface area contributed by atoms with Crippen molar-refractivity contribution in [2.45, 2.75) is 4.34 Å². The lowest BCUT2D eigenvalue weighted by Gasteiger charge is -1.92. The summed E-state index contributed by atoms with van der Waals surface area (Å²) in [6, 6.07) is 3.19. The molecule has 1 aromatic heterocycles. The lowest BCUT2D eigenvalue weighted by Crippen LogP contribution is -1.94. The molecule has 0 fully saturated rings. The van der Waals surface area contributed by atoms with E-state index < -0.39 is 9.84 Å². The van der Waals surface area contributed by atoms with Crippen molar-refractivity contribution in [3.8, 4) is 0 Å². The van der Waals surface area contributed by atoms with Gasteiger partial charge in [0, 0.05) is 11.3 Å². The molecular weight excluding hydrogens is 277 g/mol. The van der Waals surface area contributed by atoms with Gasteiger partial charge < -0.3 is 0 Å². The Morgan fingerprint density at radius 2 is 2.00 bits per heavy atom. The first-order valence-electron chi connectivity index (χ1n) is 3.83. The fourth-order valence-electron chi connectivity index (χ4n) is 1.10. The first-order chi connectivity index (χ1) is 6.88. The fraction of sp³-hybridized carbons (Fsp3) is 0.125. The molecule has 3 nitrogen and oxygen atoms in total. The molecule has 0 N–H and O–H groups in total. The third-order valence-corrected chi connectivity index (χ3v) is 4.90. The zero-order valence-corrected chi connectivity index (χ0v) is 10.6. The van der Waals surface area contributed by atoms with Crippen LogP contribution in [0, 0.1) is 0 Å². The molecule has 0 aliphatic carbocycles. The number of aromatic nitrogens is 1. The van der Waals surface area contributed by atoms with Crippen molar-refractivity contribution in [2.24, 2.45) is 0 Å². The minimum atomic E-state index is -3.29. The summed E-state index contributed by atoms with van der Waals surface area (Å²) in [5.74, 6) is 0. The maximum atomic E-state index is 11.3. The SMILES string of the molecule is CS(=O)(=O)c1nc2c(Cl)cc(Cl)cc2s1. The average Bonchev–Trinajstić information content (AvgIpc) is 2.46. The van der Waals surface area contributed by atoms with E-state index in [4.69, 9.17) is 23.2 Å². The van der Waals surface area contributed by atoms with Crippen molar-refractivity contribution in [2.75, 3.05) is 6.26 Å². The molecule has 80 valence electrons. The van der Waals surface area contributed by atoms with Gasteiger partial charge in [-0.05, 0) is 12.1 Å². The van der Waals surface area contributed by atoms with E-state index in [-0.39, 0.29) is 4.34 Å². The summed E-state index contributed by atoms with van der Waals surface area (Å²) in [6.07, 6.45) is 1.11. The first kappa shape index (κ1) is 11.1. The predicted molar refractivity (Wildman–Crippen MR) is 62.7 cm³/mol. The topological polar surface area (TPSA) is 47.0 Å². The summed E-state index contributed by atoms with van der Waals surface area (Å²) < 4.78 is 23.3. The number of thiazole rings is 1. The zero-order valence-electron chi connectivity index (χ0n) is 7.49. The highest BCUT2D eigenvalue weighted by Crippen LogP contribution is 2.33. The van der Waals surface area contributed by atoms with Crippen LogP contribution in [0.3, 0.4) is 0 Å². The summed E-state index contributed by atoms with van der Waals surface area (Å²) >= 11 is 12.7. The van der Waals surface area contributed by atoms with Crippen molar-refractivity contribution in [3.63, 3.8) is 0 Å². The van der Waals surface area contributed by atoms with Gasteiger partial charge in [-0.2, -0.15) is 0 Å². The molecule has 15 heavy (non-hydrogen) atoms. The maximum Gasteiger partial charge on any atom is 0.210 e. The van der Waals surface area contributed by atoms with Gasteiger partial charge >= 0.3 is 0 Å². The highest BCUT2D eigenvalue weighted by atomic mass is 35.5. The molecule has 1 heterocycles. The van der Waals surface area contributed by atoms with E-state index in [1.54, 1.807) is 6.07 Å². The number of fused-ring (bicyclic) bond motifs is 1. The molecule has 0 atom stereocenters. The van der Waals surface area contributed by atoms with Crippen LogP contribution < -0.4 is 0 Å². The molecular formula is C8H5Cl2NO2S2. The van der Waals surface area contributed by atoms with Crippen LogP contribution in [0.25, 0.3) is 10.2 Å². The second kappa shape index (κ2) is 3.59. The molecule has 0 saturated carbocycles. The Hall–Kier alpha value is -0.360. The van der Waals surface area contributed by atoms with Gasteiger partial charge in [0.25, 0.3) is 0 Å². The second-order valence-electron chi connectivity index (χ2n) is 2.99. The fourth-order valence-corrected chi connectivity index (χ4v) is 3.65. The monoisotopic (exact) mass is 281 g/mol. The first-order valence-corrected chi connectivity index (χ1v) is 7.30. The minimum Gasteiger partial charge on any atom is -0.224 e. The largest absolute Gasteiger partial charge is 0.224 e. The Balaban J connectivity index is 2.82. The van der Waals surface area contributed by atoms with E-state index in [9.17, 15) is 8.42 Å². The van der Waals surface area contributed by atoms with Crippen LogP contribution >= 0.6 is 34.5 Å². The molecule has 0 aliphatic heterocycles. The van der Waals surface area contributed by atoms with Crippen molar-refractivity contribution in [1.29, 1.82) is 0 Å². The van der Waals surface area contributed by atoms with Crippen LogP contribution in [0.15, 0.2) is 16.5 Å². The van der Waals surface area contributed by atoms with E-state index in [0.717, 1.165) is 17.6 Å². The van der Waals surface area contributed by atoms with E-state index in [1.807, 2.05) is 0 Å². The Morgan fingerprint density at radius 1 is 1.33 bits per heavy atom. The van der Waals surface area contributed by atoms with Crippen molar-refractivity contribution in [3.05, 3.63) is 22.2 Å². The van der Waals surface area contributed by atoms with Crippen molar-refractivity contribution in [1.82, 2.24) is 4.98 Å². The molecule has 7 heteroatoms. The molecule has 1 aromatic carbocycles. The van der Waals surface area contributed by atoms with Crippen LogP contribution in [0.5, 0.6) is 0 Å². The molecule has 2 rings (SSSR count). The van der Waals surface area contributed by atoms with Gasteiger partial charge in [0.05, 0.1) is 9.72 Å². The summed E-state index contributed by atoms with van der Waals surface area (Å²) in [5, 5.41) is 0.833. The zero-order chi connectivity index (χ0) is 11.2. The average molecular weight is 282 g/mol. The smallest absolute Gasteiger partial charge is 0.210 e. The van der Waals surface area contributed by atoms with E-state index in [2.05, 4.69) is 4.98 Å². The van der Waals surface area contributed by atoms with Gasteiger partial charge in [-0.1, -0.05) is 23.2 Å². The molecule has 0 unspecified atom stereocenters. The number of benzene rings is 1. The maximum absolute atomic E-state index is 11.3. The van der Waals surface area contributed by atoms with Crippen LogP contribution in [0.1, 0.15) is 0 Å². The standard InChI is InChI=1S/C8H5Cl2NO2S2/c1-15(12,13)8-11-7-5(10)2-4(9)3-6(7)14-8/h2-3H,1H3. The normalized spacial score (nSPS) is 12.2. The van der Waals surface area contributed by atoms with Crippen molar-refractivity contribution < 1.29 is 8.42 Å². The van der Waals surface area contributed by atoms with Crippen molar-refractivity contribution >= 4 is 54.6 Å². The highest BCUT2D eigenvalue weighted by Gasteiger charge is 2.15. The molecule has 0 saturated heterocycles. The Labute approximate surface area is 101 Å². The number of rotatable bonds is 1. The van der Waals surface area contributed by atoms with Gasteiger partial charge in [0.15, 0.2) is 0 Å². The highest BCUT2D eigenvalue weighted by molar-refractivity contribution is 7.92. The van der Waals surface area contributed by atoms with E-state index in [0.29, 0.717) is 20.3 Å². The predicted octanol–water partition coefficient (Wildman–Crippen LogP) is 3.01. The number of sulfone groups is 1. The van der Waals surface area contributed by atoms with E-state index in [1.165, 1.54) is 6.07 Å². The molecule has 0 spiro atoms. The summed E-state index contributed by atoms with van der Waals surface area (Å²) in [5.41, 5.74) is 0.478. The quantitative estimate of drug-likeness (QED) is 0.807. The van der Waals surface area contributed by atoms with Gasteiger partial charge in [0.1, 0.15) is 5.52 Å². The Kier molecular flexibility index (Phi) is 2.66. The summed E-state index contributed by atoms with van der Waals surface area (Å²) in [4.78, 5) is 3.96. The number of nitrogens with zero attached hydrogens (tertiary/aromatic N) is 1. The van der Waals surface area contributed by atoms with Gasteiger partial charge in [0.2, 0.25) is 14.2 Å². The number of halogens is 2. The minimum absolute atomic E-state index is 0.0571. The van der Waals surface area contributed by atoms with Crippen LogP contribution in [0.2, 0.25) is 10.0 Å². The molecule has 0 bridgehead atoms.